The summed E-state index contributed by atoms with van der Waals surface area (Å²) < 4.78 is 2.30. The topological polar surface area (TPSA) is 29.9 Å². The molecule has 1 heterocycles. The zero-order valence-electron chi connectivity index (χ0n) is 13.5. The van der Waals surface area contributed by atoms with Crippen molar-refractivity contribution in [2.45, 2.75) is 77.9 Å². The molecular formula is C17H31N3. The highest BCUT2D eigenvalue weighted by Crippen LogP contribution is 2.31. The van der Waals surface area contributed by atoms with E-state index in [1.165, 1.54) is 32.1 Å². The molecule has 0 aliphatic heterocycles. The number of aromatic nitrogens is 2. The highest BCUT2D eigenvalue weighted by atomic mass is 15.1. The molecule has 0 bridgehead atoms. The van der Waals surface area contributed by atoms with Gasteiger partial charge in [-0.05, 0) is 43.9 Å². The molecule has 1 aromatic rings. The van der Waals surface area contributed by atoms with E-state index in [0.717, 1.165) is 11.8 Å². The van der Waals surface area contributed by atoms with Gasteiger partial charge in [0.2, 0.25) is 0 Å². The molecule has 1 saturated carbocycles. The predicted molar refractivity (Wildman–Crippen MR) is 84.7 cm³/mol. The fourth-order valence-corrected chi connectivity index (χ4v) is 3.63. The Morgan fingerprint density at radius 2 is 1.85 bits per heavy atom. The van der Waals surface area contributed by atoms with Gasteiger partial charge in [0.1, 0.15) is 0 Å². The lowest BCUT2D eigenvalue weighted by Gasteiger charge is -2.30. The lowest BCUT2D eigenvalue weighted by Crippen LogP contribution is -2.42. The summed E-state index contributed by atoms with van der Waals surface area (Å²) in [7, 11) is 0. The predicted octanol–water partition coefficient (Wildman–Crippen LogP) is 4.03. The van der Waals surface area contributed by atoms with Crippen molar-refractivity contribution in [3.63, 3.8) is 0 Å². The van der Waals surface area contributed by atoms with Crippen molar-refractivity contribution >= 4 is 0 Å². The second kappa shape index (κ2) is 7.26. The highest BCUT2D eigenvalue weighted by molar-refractivity contribution is 4.93. The molecule has 0 radical (unpaired) electrons. The van der Waals surface area contributed by atoms with E-state index in [1.807, 2.05) is 12.5 Å². The quantitative estimate of drug-likeness (QED) is 0.815. The number of imidazole rings is 1. The van der Waals surface area contributed by atoms with E-state index in [9.17, 15) is 0 Å². The minimum atomic E-state index is 0.597. The van der Waals surface area contributed by atoms with Crippen molar-refractivity contribution in [3.8, 4) is 0 Å². The van der Waals surface area contributed by atoms with E-state index < -0.39 is 0 Å². The van der Waals surface area contributed by atoms with Gasteiger partial charge < -0.3 is 9.88 Å². The molecule has 2 unspecified atom stereocenters. The van der Waals surface area contributed by atoms with Crippen LogP contribution in [0.4, 0.5) is 0 Å². The molecule has 20 heavy (non-hydrogen) atoms. The van der Waals surface area contributed by atoms with Crippen LogP contribution < -0.4 is 5.32 Å². The largest absolute Gasteiger partial charge is 0.333 e. The van der Waals surface area contributed by atoms with Gasteiger partial charge in [-0.1, -0.05) is 27.7 Å². The van der Waals surface area contributed by atoms with Gasteiger partial charge in [-0.25, -0.2) is 4.98 Å². The number of nitrogens with one attached hydrogen (secondary N) is 1. The molecule has 0 saturated heterocycles. The van der Waals surface area contributed by atoms with E-state index in [0.29, 0.717) is 18.1 Å². The summed E-state index contributed by atoms with van der Waals surface area (Å²) in [6, 6.07) is 1.87. The Bertz CT molecular complexity index is 360. The zero-order chi connectivity index (χ0) is 14.5. The molecule has 1 aliphatic rings. The van der Waals surface area contributed by atoms with E-state index in [-0.39, 0.29) is 0 Å². The molecule has 1 aromatic heterocycles. The Morgan fingerprint density at radius 3 is 2.40 bits per heavy atom. The molecule has 1 fully saturated rings. The van der Waals surface area contributed by atoms with Crippen molar-refractivity contribution in [3.05, 3.63) is 18.7 Å². The second-order valence-electron chi connectivity index (χ2n) is 7.24. The van der Waals surface area contributed by atoms with Crippen LogP contribution in [-0.4, -0.2) is 21.6 Å². The minimum Gasteiger partial charge on any atom is -0.333 e. The molecule has 1 aliphatic carbocycles. The Kier molecular flexibility index (Phi) is 5.64. The summed E-state index contributed by atoms with van der Waals surface area (Å²) in [6.45, 7) is 9.32. The molecule has 0 amide bonds. The van der Waals surface area contributed by atoms with Gasteiger partial charge in [-0.15, -0.1) is 0 Å². The molecule has 114 valence electrons. The van der Waals surface area contributed by atoms with E-state index in [2.05, 4.69) is 48.8 Å². The highest BCUT2D eigenvalue weighted by Gasteiger charge is 2.30. The van der Waals surface area contributed by atoms with E-state index >= 15 is 0 Å². The molecule has 0 aromatic carbocycles. The third-order valence-corrected chi connectivity index (χ3v) is 4.35. The van der Waals surface area contributed by atoms with Gasteiger partial charge in [-0.3, -0.25) is 0 Å². The van der Waals surface area contributed by atoms with Gasteiger partial charge >= 0.3 is 0 Å². The van der Waals surface area contributed by atoms with Crippen LogP contribution in [0.2, 0.25) is 0 Å². The molecule has 0 spiro atoms. The van der Waals surface area contributed by atoms with Crippen LogP contribution in [0.5, 0.6) is 0 Å². The normalized spacial score (nSPS) is 23.4. The van der Waals surface area contributed by atoms with Gasteiger partial charge in [-0.2, -0.15) is 0 Å². The van der Waals surface area contributed by atoms with Crippen LogP contribution in [0, 0.1) is 11.8 Å². The van der Waals surface area contributed by atoms with Crippen LogP contribution in [0.25, 0.3) is 0 Å². The smallest absolute Gasteiger partial charge is 0.0949 e. The van der Waals surface area contributed by atoms with E-state index in [1.54, 1.807) is 0 Å². The first kappa shape index (κ1) is 15.6. The molecule has 2 atom stereocenters. The third kappa shape index (κ3) is 4.34. The molecule has 3 nitrogen and oxygen atoms in total. The van der Waals surface area contributed by atoms with Crippen molar-refractivity contribution < 1.29 is 0 Å². The Labute approximate surface area is 124 Å². The summed E-state index contributed by atoms with van der Waals surface area (Å²) in [4.78, 5) is 4.21. The number of nitrogens with zero attached hydrogens (tertiary/aromatic N) is 2. The monoisotopic (exact) mass is 277 g/mol. The van der Waals surface area contributed by atoms with Crippen LogP contribution in [0.1, 0.15) is 65.8 Å². The minimum absolute atomic E-state index is 0.597. The van der Waals surface area contributed by atoms with Crippen molar-refractivity contribution in [2.24, 2.45) is 11.8 Å². The number of hydrogen-bond acceptors (Lipinski definition) is 2. The zero-order valence-corrected chi connectivity index (χ0v) is 13.5. The van der Waals surface area contributed by atoms with Gasteiger partial charge in [0.15, 0.2) is 0 Å². The first-order valence-electron chi connectivity index (χ1n) is 8.29. The Balaban J connectivity index is 1.97. The lowest BCUT2D eigenvalue weighted by molar-refractivity contribution is 0.292. The fraction of sp³-hybridized carbons (Fsp3) is 0.824. The van der Waals surface area contributed by atoms with Gasteiger partial charge in [0.05, 0.1) is 6.33 Å². The molecular weight excluding hydrogens is 246 g/mol. The summed E-state index contributed by atoms with van der Waals surface area (Å²) in [5.74, 6) is 1.53. The number of rotatable bonds is 7. The lowest BCUT2D eigenvalue weighted by atomic mass is 9.94. The van der Waals surface area contributed by atoms with Crippen LogP contribution in [0.15, 0.2) is 18.7 Å². The summed E-state index contributed by atoms with van der Waals surface area (Å²) >= 11 is 0. The van der Waals surface area contributed by atoms with E-state index in [4.69, 9.17) is 0 Å². The van der Waals surface area contributed by atoms with Crippen molar-refractivity contribution in [1.82, 2.24) is 14.9 Å². The van der Waals surface area contributed by atoms with Crippen molar-refractivity contribution in [2.75, 3.05) is 0 Å². The fourth-order valence-electron chi connectivity index (χ4n) is 3.63. The van der Waals surface area contributed by atoms with Gasteiger partial charge in [0, 0.05) is 30.5 Å². The first-order valence-corrected chi connectivity index (χ1v) is 8.29. The Hall–Kier alpha value is -0.830. The van der Waals surface area contributed by atoms with Crippen LogP contribution in [-0.2, 0) is 0 Å². The summed E-state index contributed by atoms with van der Waals surface area (Å²) in [5, 5.41) is 3.97. The molecule has 2 rings (SSSR count). The molecule has 3 heteroatoms. The summed E-state index contributed by atoms with van der Waals surface area (Å²) in [6.07, 6.45) is 12.5. The average Bonchev–Trinajstić information content (AvgIpc) is 2.95. The number of hydrogen-bond donors (Lipinski definition) is 1. The molecule has 1 N–H and O–H groups in total. The van der Waals surface area contributed by atoms with Crippen LogP contribution >= 0.6 is 0 Å². The maximum Gasteiger partial charge on any atom is 0.0949 e. The van der Waals surface area contributed by atoms with Crippen molar-refractivity contribution in [1.29, 1.82) is 0 Å². The summed E-state index contributed by atoms with van der Waals surface area (Å²) in [5.41, 5.74) is 0. The van der Waals surface area contributed by atoms with Gasteiger partial charge in [0.25, 0.3) is 0 Å². The average molecular weight is 277 g/mol. The Morgan fingerprint density at radius 1 is 1.15 bits per heavy atom. The standard InChI is InChI=1S/C17H31N3/c1-13(2)10-15(11-14(3)4)19-16-6-5-7-17(16)20-9-8-18-12-20/h8-9,12-17,19H,5-7,10-11H2,1-4H3. The van der Waals surface area contributed by atoms with Crippen LogP contribution in [0.3, 0.4) is 0 Å². The second-order valence-corrected chi connectivity index (χ2v) is 7.24. The maximum absolute atomic E-state index is 4.21. The first-order chi connectivity index (χ1) is 9.56. The maximum atomic E-state index is 4.21. The SMILES string of the molecule is CC(C)CC(CC(C)C)NC1CCCC1n1ccnc1. The third-order valence-electron chi connectivity index (χ3n) is 4.35.